The standard InChI is InChI=1S/C2H5S2/c3-1-2-4/h1,3-4H,2H2. The first-order valence-corrected chi connectivity index (χ1v) is 2.13. The highest BCUT2D eigenvalue weighted by Gasteiger charge is 1.58. The lowest BCUT2D eigenvalue weighted by atomic mass is 11.0. The van der Waals surface area contributed by atoms with Crippen molar-refractivity contribution in [2.24, 2.45) is 0 Å². The van der Waals surface area contributed by atoms with Gasteiger partial charge in [-0.15, -0.1) is 0 Å². The molecule has 0 aromatic carbocycles. The van der Waals surface area contributed by atoms with Crippen molar-refractivity contribution in [1.29, 1.82) is 0 Å². The quantitative estimate of drug-likeness (QED) is 0.444. The summed E-state index contributed by atoms with van der Waals surface area (Å²) in [4.78, 5) is 0. The van der Waals surface area contributed by atoms with Gasteiger partial charge in [0.25, 0.3) is 0 Å². The zero-order chi connectivity index (χ0) is 3.41. The van der Waals surface area contributed by atoms with Crippen LogP contribution in [0.15, 0.2) is 0 Å². The van der Waals surface area contributed by atoms with E-state index in [0.29, 0.717) is 0 Å². The van der Waals surface area contributed by atoms with Crippen molar-refractivity contribution in [2.45, 2.75) is 0 Å². The molecule has 0 rings (SSSR count). The van der Waals surface area contributed by atoms with E-state index in [2.05, 4.69) is 25.3 Å². The lowest BCUT2D eigenvalue weighted by Gasteiger charge is -1.66. The highest BCUT2D eigenvalue weighted by atomic mass is 32.1. The molecule has 0 saturated carbocycles. The molecule has 0 aliphatic heterocycles. The van der Waals surface area contributed by atoms with Crippen LogP contribution in [0.4, 0.5) is 0 Å². The van der Waals surface area contributed by atoms with Gasteiger partial charge >= 0.3 is 0 Å². The Morgan fingerprint density at radius 2 is 2.00 bits per heavy atom. The van der Waals surface area contributed by atoms with E-state index in [1.807, 2.05) is 0 Å². The normalized spacial score (nSPS) is 7.50. The van der Waals surface area contributed by atoms with Gasteiger partial charge < -0.3 is 0 Å². The van der Waals surface area contributed by atoms with Gasteiger partial charge in [-0.05, 0) is 0 Å². The monoisotopic (exact) mass is 93.0 g/mol. The predicted octanol–water partition coefficient (Wildman–Crippen LogP) is 1.01. The summed E-state index contributed by atoms with van der Waals surface area (Å²) >= 11 is 7.51. The molecule has 4 heavy (non-hydrogen) atoms. The van der Waals surface area contributed by atoms with Crippen molar-refractivity contribution in [3.63, 3.8) is 0 Å². The highest BCUT2D eigenvalue weighted by molar-refractivity contribution is 7.85. The van der Waals surface area contributed by atoms with Gasteiger partial charge in [0.15, 0.2) is 0 Å². The Morgan fingerprint density at radius 3 is 2.00 bits per heavy atom. The van der Waals surface area contributed by atoms with Crippen LogP contribution in [0.25, 0.3) is 0 Å². The Bertz CT molecular complexity index is 6.00. The summed E-state index contributed by atoms with van der Waals surface area (Å²) in [6.45, 7) is 0. The van der Waals surface area contributed by atoms with Gasteiger partial charge in [0.2, 0.25) is 0 Å². The lowest BCUT2D eigenvalue weighted by molar-refractivity contribution is 1.80. The third-order valence-electron chi connectivity index (χ3n) is 0.0816. The van der Waals surface area contributed by atoms with Crippen LogP contribution >= 0.6 is 25.3 Å². The number of hydrogen-bond donors (Lipinski definition) is 2. The molecule has 0 bridgehead atoms. The average Bonchev–Trinajstić information content (AvgIpc) is 1.37. The van der Waals surface area contributed by atoms with E-state index in [1.54, 1.807) is 5.75 Å². The second-order valence-electron chi connectivity index (χ2n) is 0.365. The number of thiol groups is 2. The molecule has 0 heterocycles. The molecule has 0 aliphatic rings. The van der Waals surface area contributed by atoms with Crippen molar-refractivity contribution in [3.8, 4) is 0 Å². The minimum atomic E-state index is 0.753. The maximum atomic E-state index is 3.79. The molecule has 0 spiro atoms. The minimum Gasteiger partial charge on any atom is -0.178 e. The van der Waals surface area contributed by atoms with Crippen LogP contribution < -0.4 is 0 Å². The van der Waals surface area contributed by atoms with E-state index in [-0.39, 0.29) is 0 Å². The van der Waals surface area contributed by atoms with Crippen molar-refractivity contribution in [1.82, 2.24) is 0 Å². The fraction of sp³-hybridized carbons (Fsp3) is 0.500. The summed E-state index contributed by atoms with van der Waals surface area (Å²) < 4.78 is 0. The number of rotatable bonds is 1. The second kappa shape index (κ2) is 3.70. The zero-order valence-corrected chi connectivity index (χ0v) is 3.97. The zero-order valence-electron chi connectivity index (χ0n) is 2.18. The topological polar surface area (TPSA) is 0 Å². The molecule has 0 aliphatic carbocycles. The van der Waals surface area contributed by atoms with Crippen molar-refractivity contribution >= 4 is 25.3 Å². The first kappa shape index (κ1) is 4.70. The molecule has 2 heteroatoms. The van der Waals surface area contributed by atoms with E-state index in [9.17, 15) is 0 Å². The van der Waals surface area contributed by atoms with Gasteiger partial charge in [0, 0.05) is 11.5 Å². The van der Waals surface area contributed by atoms with Crippen LogP contribution in [0.1, 0.15) is 0 Å². The minimum absolute atomic E-state index is 0.753. The van der Waals surface area contributed by atoms with E-state index < -0.39 is 0 Å². The van der Waals surface area contributed by atoms with E-state index in [0.717, 1.165) is 5.75 Å². The van der Waals surface area contributed by atoms with Gasteiger partial charge in [0.1, 0.15) is 0 Å². The fourth-order valence-electron chi connectivity index (χ4n) is 0. The molecule has 0 aromatic heterocycles. The summed E-state index contributed by atoms with van der Waals surface area (Å²) in [5.74, 6) is 2.44. The van der Waals surface area contributed by atoms with E-state index in [1.165, 1.54) is 0 Å². The molecule has 0 saturated heterocycles. The average molecular weight is 93.2 g/mol. The van der Waals surface area contributed by atoms with Crippen LogP contribution in [0.3, 0.4) is 0 Å². The van der Waals surface area contributed by atoms with Crippen LogP contribution in [0.2, 0.25) is 0 Å². The summed E-state index contributed by atoms with van der Waals surface area (Å²) in [5, 5.41) is 0. The Balaban J connectivity index is 1.97. The smallest absolute Gasteiger partial charge is 0.0229 e. The second-order valence-corrected chi connectivity index (χ2v) is 1.10. The predicted molar refractivity (Wildman–Crippen MR) is 27.1 cm³/mol. The molecular formula is C2H5S2. The Kier molecular flexibility index (Phi) is 4.35. The molecule has 0 unspecified atom stereocenters. The summed E-state index contributed by atoms with van der Waals surface area (Å²) in [6, 6.07) is 0. The SMILES string of the molecule is S[CH]CS. The number of hydrogen-bond acceptors (Lipinski definition) is 2. The Labute approximate surface area is 37.4 Å². The van der Waals surface area contributed by atoms with E-state index >= 15 is 0 Å². The molecule has 25 valence electrons. The Morgan fingerprint density at radius 1 is 1.75 bits per heavy atom. The molecule has 0 atom stereocenters. The summed E-state index contributed by atoms with van der Waals surface area (Å²) in [5.41, 5.74) is 0. The van der Waals surface area contributed by atoms with Gasteiger partial charge in [0.05, 0.1) is 0 Å². The molecule has 1 radical (unpaired) electrons. The molecule has 0 N–H and O–H groups in total. The van der Waals surface area contributed by atoms with Crippen LogP contribution in [-0.4, -0.2) is 5.75 Å². The van der Waals surface area contributed by atoms with Crippen molar-refractivity contribution in [3.05, 3.63) is 5.75 Å². The van der Waals surface area contributed by atoms with E-state index in [4.69, 9.17) is 0 Å². The third-order valence-corrected chi connectivity index (χ3v) is 0.735. The van der Waals surface area contributed by atoms with Gasteiger partial charge in [-0.2, -0.15) is 25.3 Å². The summed E-state index contributed by atoms with van der Waals surface area (Å²) in [7, 11) is 0. The maximum absolute atomic E-state index is 3.79. The first-order chi connectivity index (χ1) is 1.91. The largest absolute Gasteiger partial charge is 0.178 e. The first-order valence-electron chi connectivity index (χ1n) is 0.983. The third kappa shape index (κ3) is 2.70. The van der Waals surface area contributed by atoms with Crippen molar-refractivity contribution in [2.75, 3.05) is 5.75 Å². The molecular weight excluding hydrogens is 88.2 g/mol. The van der Waals surface area contributed by atoms with Crippen molar-refractivity contribution < 1.29 is 0 Å². The van der Waals surface area contributed by atoms with Gasteiger partial charge in [-0.1, -0.05) is 0 Å². The molecule has 0 aromatic rings. The molecule has 0 amide bonds. The lowest BCUT2D eigenvalue weighted by Crippen LogP contribution is -1.53. The highest BCUT2D eigenvalue weighted by Crippen LogP contribution is 1.81. The van der Waals surface area contributed by atoms with Gasteiger partial charge in [-0.3, -0.25) is 0 Å². The fourth-order valence-corrected chi connectivity index (χ4v) is 0. The Hall–Kier alpha value is 0.700. The van der Waals surface area contributed by atoms with Crippen LogP contribution in [0, 0.1) is 5.75 Å². The van der Waals surface area contributed by atoms with Gasteiger partial charge in [-0.25, -0.2) is 0 Å². The molecule has 0 fully saturated rings. The summed E-state index contributed by atoms with van der Waals surface area (Å²) in [6.07, 6.45) is 0. The van der Waals surface area contributed by atoms with Crippen LogP contribution in [-0.2, 0) is 0 Å². The molecule has 0 nitrogen and oxygen atoms in total. The maximum Gasteiger partial charge on any atom is 0.0229 e. The van der Waals surface area contributed by atoms with Crippen LogP contribution in [0.5, 0.6) is 0 Å².